The Balaban J connectivity index is 1.90. The first kappa shape index (κ1) is 25.0. The van der Waals surface area contributed by atoms with Crippen molar-refractivity contribution >= 4 is 16.9 Å². The summed E-state index contributed by atoms with van der Waals surface area (Å²) in [5.74, 6) is -0.914. The molecule has 3 aromatic heterocycles. The molecule has 0 bridgehead atoms. The number of nitrogens with zero attached hydrogens (tertiary/aromatic N) is 5. The fourth-order valence-electron chi connectivity index (χ4n) is 4.97. The Morgan fingerprint density at radius 3 is 2.57 bits per heavy atom. The molecule has 9 heteroatoms. The van der Waals surface area contributed by atoms with E-state index in [0.29, 0.717) is 35.7 Å². The number of hydrogen-bond acceptors (Lipinski definition) is 6. The maximum atomic E-state index is 15.6. The number of pyridine rings is 2. The Labute approximate surface area is 214 Å². The van der Waals surface area contributed by atoms with Crippen LogP contribution in [0.3, 0.4) is 0 Å². The van der Waals surface area contributed by atoms with Crippen LogP contribution in [0.25, 0.3) is 28.0 Å². The first-order valence-electron chi connectivity index (χ1n) is 12.5. The van der Waals surface area contributed by atoms with E-state index in [-0.39, 0.29) is 34.9 Å². The summed E-state index contributed by atoms with van der Waals surface area (Å²) in [6, 6.07) is 9.21. The average molecular weight is 505 g/mol. The highest BCUT2D eigenvalue weighted by Crippen LogP contribution is 2.33. The van der Waals surface area contributed by atoms with Crippen LogP contribution < -0.4 is 15.9 Å². The largest absolute Gasteiger partial charge is 0.355 e. The molecule has 0 aliphatic carbocycles. The molecule has 1 fully saturated rings. The smallest absolute Gasteiger partial charge is 0.350 e. The van der Waals surface area contributed by atoms with Crippen LogP contribution in [0.4, 0.5) is 14.6 Å². The van der Waals surface area contributed by atoms with Gasteiger partial charge in [0.15, 0.2) is 5.65 Å². The lowest BCUT2D eigenvalue weighted by molar-refractivity contribution is 0.423. The number of nitrogens with one attached hydrogen (secondary N) is 1. The number of piperazine rings is 1. The van der Waals surface area contributed by atoms with E-state index < -0.39 is 17.3 Å². The standard InChI is InChI=1S/C28H30F2N6O/c1-15(2)23-25(16(3)10-11-31-23)36-27-20(12-22(30)24(33-27)19-8-6-7-9-21(19)29)26(34-28(36)37)35-14-17(4)32-13-18(35)5/h6-12,15,17-18,32H,13-14H2,1-5H3/t17-,18+/m1/s1. The number of aryl methyl sites for hydroxylation is 1. The molecule has 4 heterocycles. The molecular weight excluding hydrogens is 474 g/mol. The molecule has 0 spiro atoms. The number of rotatable bonds is 4. The van der Waals surface area contributed by atoms with Gasteiger partial charge in [-0.05, 0) is 56.5 Å². The normalized spacial score (nSPS) is 18.1. The zero-order valence-corrected chi connectivity index (χ0v) is 21.6. The number of fused-ring (bicyclic) bond motifs is 1. The molecule has 1 aliphatic rings. The molecule has 192 valence electrons. The van der Waals surface area contributed by atoms with Gasteiger partial charge in [0.1, 0.15) is 23.1 Å². The molecule has 37 heavy (non-hydrogen) atoms. The van der Waals surface area contributed by atoms with Crippen molar-refractivity contribution in [1.82, 2.24) is 24.8 Å². The van der Waals surface area contributed by atoms with E-state index in [1.807, 2.05) is 45.6 Å². The van der Waals surface area contributed by atoms with Gasteiger partial charge in [-0.3, -0.25) is 4.98 Å². The third kappa shape index (κ3) is 4.37. The highest BCUT2D eigenvalue weighted by atomic mass is 19.1. The quantitative estimate of drug-likeness (QED) is 0.433. The maximum absolute atomic E-state index is 15.6. The van der Waals surface area contributed by atoms with Gasteiger partial charge in [0.05, 0.1) is 16.8 Å². The Bertz CT molecular complexity index is 1550. The van der Waals surface area contributed by atoms with Gasteiger partial charge in [-0.25, -0.2) is 23.1 Å². The minimum Gasteiger partial charge on any atom is -0.350 e. The summed E-state index contributed by atoms with van der Waals surface area (Å²) in [5, 5.41) is 3.80. The predicted molar refractivity (Wildman–Crippen MR) is 141 cm³/mol. The first-order chi connectivity index (χ1) is 17.7. The molecule has 1 aromatic carbocycles. The van der Waals surface area contributed by atoms with Gasteiger partial charge < -0.3 is 10.2 Å². The summed E-state index contributed by atoms with van der Waals surface area (Å²) in [5.41, 5.74) is 1.59. The molecule has 5 rings (SSSR count). The maximum Gasteiger partial charge on any atom is 0.355 e. The van der Waals surface area contributed by atoms with Gasteiger partial charge in [-0.2, -0.15) is 4.98 Å². The molecule has 0 radical (unpaired) electrons. The molecule has 1 N–H and O–H groups in total. The van der Waals surface area contributed by atoms with Gasteiger partial charge in [0.25, 0.3) is 0 Å². The van der Waals surface area contributed by atoms with E-state index in [9.17, 15) is 9.18 Å². The van der Waals surface area contributed by atoms with Crippen LogP contribution in [0.15, 0.2) is 47.4 Å². The third-order valence-corrected chi connectivity index (χ3v) is 6.89. The molecular formula is C28H30F2N6O. The zero-order chi connectivity index (χ0) is 26.4. The number of hydrogen-bond donors (Lipinski definition) is 1. The summed E-state index contributed by atoms with van der Waals surface area (Å²) in [7, 11) is 0. The highest BCUT2D eigenvalue weighted by molar-refractivity contribution is 5.90. The highest BCUT2D eigenvalue weighted by Gasteiger charge is 2.29. The fourth-order valence-corrected chi connectivity index (χ4v) is 4.97. The van der Waals surface area contributed by atoms with E-state index in [4.69, 9.17) is 0 Å². The summed E-state index contributed by atoms with van der Waals surface area (Å²) in [6.45, 7) is 11.2. The molecule has 2 atom stereocenters. The molecule has 7 nitrogen and oxygen atoms in total. The van der Waals surface area contributed by atoms with Crippen LogP contribution in [-0.4, -0.2) is 44.7 Å². The Kier molecular flexibility index (Phi) is 6.49. The van der Waals surface area contributed by atoms with Crippen LogP contribution in [-0.2, 0) is 0 Å². The SMILES string of the molecule is Cc1ccnc(C(C)C)c1-n1c(=O)nc(N2C[C@@H](C)NC[C@@H]2C)c2cc(F)c(-c3ccccc3F)nc21. The van der Waals surface area contributed by atoms with Crippen LogP contribution in [0.5, 0.6) is 0 Å². The molecule has 0 amide bonds. The van der Waals surface area contributed by atoms with Crippen molar-refractivity contribution in [3.05, 3.63) is 76.0 Å². The van der Waals surface area contributed by atoms with Gasteiger partial charge in [0, 0.05) is 36.9 Å². The fraction of sp³-hybridized carbons (Fsp3) is 0.357. The van der Waals surface area contributed by atoms with Crippen LogP contribution >= 0.6 is 0 Å². The predicted octanol–water partition coefficient (Wildman–Crippen LogP) is 4.74. The Morgan fingerprint density at radius 1 is 1.08 bits per heavy atom. The molecule has 1 aliphatic heterocycles. The van der Waals surface area contributed by atoms with Crippen molar-refractivity contribution in [2.75, 3.05) is 18.0 Å². The number of halogens is 2. The Morgan fingerprint density at radius 2 is 1.84 bits per heavy atom. The topological polar surface area (TPSA) is 75.9 Å². The van der Waals surface area contributed by atoms with E-state index in [2.05, 4.69) is 20.3 Å². The molecule has 1 saturated heterocycles. The van der Waals surface area contributed by atoms with Crippen molar-refractivity contribution in [2.45, 2.75) is 52.6 Å². The lowest BCUT2D eigenvalue weighted by atomic mass is 10.0. The number of benzene rings is 1. The second kappa shape index (κ2) is 9.63. The van der Waals surface area contributed by atoms with Gasteiger partial charge in [-0.1, -0.05) is 26.0 Å². The van der Waals surface area contributed by atoms with E-state index in [1.165, 1.54) is 28.8 Å². The zero-order valence-electron chi connectivity index (χ0n) is 21.6. The van der Waals surface area contributed by atoms with E-state index in [0.717, 1.165) is 5.56 Å². The van der Waals surface area contributed by atoms with Crippen molar-refractivity contribution < 1.29 is 8.78 Å². The third-order valence-electron chi connectivity index (χ3n) is 6.89. The monoisotopic (exact) mass is 504 g/mol. The molecule has 4 aromatic rings. The molecule has 0 saturated carbocycles. The Hall–Kier alpha value is -3.72. The lowest BCUT2D eigenvalue weighted by Crippen LogP contribution is -2.55. The van der Waals surface area contributed by atoms with E-state index >= 15 is 4.39 Å². The summed E-state index contributed by atoms with van der Waals surface area (Å²) in [6.07, 6.45) is 1.70. The van der Waals surface area contributed by atoms with Crippen LogP contribution in [0.1, 0.15) is 44.9 Å². The van der Waals surface area contributed by atoms with Crippen LogP contribution in [0.2, 0.25) is 0 Å². The number of anilines is 1. The second-order valence-electron chi connectivity index (χ2n) is 10.1. The minimum atomic E-state index is -0.686. The van der Waals surface area contributed by atoms with Crippen molar-refractivity contribution in [3.63, 3.8) is 0 Å². The second-order valence-corrected chi connectivity index (χ2v) is 10.1. The van der Waals surface area contributed by atoms with Crippen molar-refractivity contribution in [2.24, 2.45) is 0 Å². The van der Waals surface area contributed by atoms with Crippen molar-refractivity contribution in [1.29, 1.82) is 0 Å². The average Bonchev–Trinajstić information content (AvgIpc) is 2.86. The van der Waals surface area contributed by atoms with Gasteiger partial charge >= 0.3 is 5.69 Å². The first-order valence-corrected chi connectivity index (χ1v) is 12.5. The lowest BCUT2D eigenvalue weighted by Gasteiger charge is -2.38. The van der Waals surface area contributed by atoms with Crippen LogP contribution in [0, 0.1) is 18.6 Å². The minimum absolute atomic E-state index is 0.00273. The van der Waals surface area contributed by atoms with Crippen molar-refractivity contribution in [3.8, 4) is 16.9 Å². The molecule has 0 unspecified atom stereocenters. The van der Waals surface area contributed by atoms with Gasteiger partial charge in [-0.15, -0.1) is 0 Å². The summed E-state index contributed by atoms with van der Waals surface area (Å²) >= 11 is 0. The summed E-state index contributed by atoms with van der Waals surface area (Å²) < 4.78 is 31.8. The number of aromatic nitrogens is 4. The van der Waals surface area contributed by atoms with Gasteiger partial charge in [0.2, 0.25) is 0 Å². The van der Waals surface area contributed by atoms with E-state index in [1.54, 1.807) is 12.3 Å². The summed E-state index contributed by atoms with van der Waals surface area (Å²) in [4.78, 5) is 29.4.